The standard InChI is InChI=1S/C25H18F2N4O2/c1-15-21(24-29-23(30-33-24)17-9-5-10-18(26)13-17)22(16-7-3-2-4-8-16)28-25(32)31(15)20-12-6-11-19(27)14-20/h2-14,22H,1H3,(H,28,32). The quantitative estimate of drug-likeness (QED) is 0.437. The molecule has 1 unspecified atom stereocenters. The Bertz CT molecular complexity index is 1370. The average molecular weight is 444 g/mol. The van der Waals surface area contributed by atoms with E-state index in [0.717, 1.165) is 5.56 Å². The smallest absolute Gasteiger partial charge is 0.327 e. The second-order valence-corrected chi connectivity index (χ2v) is 7.54. The van der Waals surface area contributed by atoms with Crippen LogP contribution in [0.15, 0.2) is 89.1 Å². The van der Waals surface area contributed by atoms with Gasteiger partial charge in [0.25, 0.3) is 5.89 Å². The van der Waals surface area contributed by atoms with Crippen molar-refractivity contribution in [2.45, 2.75) is 13.0 Å². The minimum absolute atomic E-state index is 0.169. The topological polar surface area (TPSA) is 71.3 Å². The maximum absolute atomic E-state index is 13.9. The van der Waals surface area contributed by atoms with Crippen molar-refractivity contribution in [1.29, 1.82) is 0 Å². The lowest BCUT2D eigenvalue weighted by atomic mass is 9.94. The van der Waals surface area contributed by atoms with Crippen LogP contribution >= 0.6 is 0 Å². The summed E-state index contributed by atoms with van der Waals surface area (Å²) in [4.78, 5) is 18.9. The monoisotopic (exact) mass is 444 g/mol. The number of allylic oxidation sites excluding steroid dienone is 1. The van der Waals surface area contributed by atoms with Crippen LogP contribution in [0.25, 0.3) is 17.0 Å². The molecule has 0 spiro atoms. The molecule has 3 aromatic carbocycles. The Morgan fingerprint density at radius 2 is 1.67 bits per heavy atom. The van der Waals surface area contributed by atoms with Gasteiger partial charge < -0.3 is 9.84 Å². The number of carbonyl (C=O) groups excluding carboxylic acids is 1. The molecular formula is C25H18F2N4O2. The summed E-state index contributed by atoms with van der Waals surface area (Å²) in [6.07, 6.45) is 0. The maximum atomic E-state index is 13.9. The molecule has 0 saturated heterocycles. The first-order valence-electron chi connectivity index (χ1n) is 10.2. The summed E-state index contributed by atoms with van der Waals surface area (Å²) < 4.78 is 33.2. The first-order chi connectivity index (χ1) is 16.0. The number of nitrogens with zero attached hydrogens (tertiary/aromatic N) is 3. The van der Waals surface area contributed by atoms with E-state index in [1.54, 1.807) is 25.1 Å². The summed E-state index contributed by atoms with van der Waals surface area (Å²) in [5, 5.41) is 6.97. The summed E-state index contributed by atoms with van der Waals surface area (Å²) in [5.41, 5.74) is 2.69. The second-order valence-electron chi connectivity index (χ2n) is 7.54. The van der Waals surface area contributed by atoms with Crippen molar-refractivity contribution in [2.24, 2.45) is 0 Å². The van der Waals surface area contributed by atoms with Gasteiger partial charge in [-0.3, -0.25) is 4.90 Å². The van der Waals surface area contributed by atoms with Crippen molar-refractivity contribution < 1.29 is 18.1 Å². The molecule has 1 atom stereocenters. The van der Waals surface area contributed by atoms with Gasteiger partial charge in [-0.15, -0.1) is 0 Å². The average Bonchev–Trinajstić information content (AvgIpc) is 3.29. The predicted molar refractivity (Wildman–Crippen MR) is 119 cm³/mol. The van der Waals surface area contributed by atoms with Crippen LogP contribution in [0.2, 0.25) is 0 Å². The molecule has 5 rings (SSSR count). The zero-order valence-electron chi connectivity index (χ0n) is 17.5. The van der Waals surface area contributed by atoms with E-state index in [9.17, 15) is 13.6 Å². The zero-order valence-corrected chi connectivity index (χ0v) is 17.5. The van der Waals surface area contributed by atoms with Crippen LogP contribution in [0, 0.1) is 11.6 Å². The number of amides is 2. The molecule has 164 valence electrons. The Morgan fingerprint density at radius 1 is 0.939 bits per heavy atom. The number of anilines is 1. The number of aromatic nitrogens is 2. The van der Waals surface area contributed by atoms with Crippen molar-refractivity contribution >= 4 is 17.3 Å². The highest BCUT2D eigenvalue weighted by molar-refractivity contribution is 6.01. The third-order valence-corrected chi connectivity index (χ3v) is 5.42. The van der Waals surface area contributed by atoms with Gasteiger partial charge in [0, 0.05) is 11.3 Å². The SMILES string of the molecule is CC1=C(c2nc(-c3cccc(F)c3)no2)C(c2ccccc2)NC(=O)N1c1cccc(F)c1. The highest BCUT2D eigenvalue weighted by atomic mass is 19.1. The number of hydrogen-bond donors (Lipinski definition) is 1. The zero-order chi connectivity index (χ0) is 22.9. The van der Waals surface area contributed by atoms with Crippen LogP contribution in [0.3, 0.4) is 0 Å². The van der Waals surface area contributed by atoms with E-state index < -0.39 is 23.7 Å². The summed E-state index contributed by atoms with van der Waals surface area (Å²) >= 11 is 0. The van der Waals surface area contributed by atoms with Crippen molar-refractivity contribution in [2.75, 3.05) is 4.90 Å². The van der Waals surface area contributed by atoms with Gasteiger partial charge in [0.05, 0.1) is 17.3 Å². The summed E-state index contributed by atoms with van der Waals surface area (Å²) in [5.74, 6) is -0.502. The van der Waals surface area contributed by atoms with Gasteiger partial charge in [-0.05, 0) is 42.8 Å². The Hall–Kier alpha value is -4.33. The van der Waals surface area contributed by atoms with Gasteiger partial charge >= 0.3 is 6.03 Å². The minimum Gasteiger partial charge on any atom is -0.334 e. The molecule has 2 heterocycles. The van der Waals surface area contributed by atoms with E-state index in [1.165, 1.54) is 35.2 Å². The third-order valence-electron chi connectivity index (χ3n) is 5.42. The van der Waals surface area contributed by atoms with Crippen LogP contribution < -0.4 is 10.2 Å². The van der Waals surface area contributed by atoms with Crippen LogP contribution in [0.1, 0.15) is 24.4 Å². The Balaban J connectivity index is 1.66. The number of hydrogen-bond acceptors (Lipinski definition) is 4. The molecule has 2 amide bonds. The molecule has 0 saturated carbocycles. The van der Waals surface area contributed by atoms with Gasteiger partial charge in [0.1, 0.15) is 11.6 Å². The van der Waals surface area contributed by atoms with Gasteiger partial charge in [-0.25, -0.2) is 13.6 Å². The van der Waals surface area contributed by atoms with Crippen molar-refractivity contribution in [3.05, 3.63) is 108 Å². The molecule has 33 heavy (non-hydrogen) atoms. The number of rotatable bonds is 4. The van der Waals surface area contributed by atoms with E-state index in [1.807, 2.05) is 30.3 Å². The third kappa shape index (κ3) is 3.87. The van der Waals surface area contributed by atoms with Gasteiger partial charge in [-0.2, -0.15) is 4.98 Å². The normalized spacial score (nSPS) is 16.2. The molecule has 1 aliphatic heterocycles. The van der Waals surface area contributed by atoms with Crippen LogP contribution in [-0.2, 0) is 0 Å². The van der Waals surface area contributed by atoms with Crippen molar-refractivity contribution in [1.82, 2.24) is 15.5 Å². The molecule has 0 radical (unpaired) electrons. The Labute approximate surface area is 188 Å². The lowest BCUT2D eigenvalue weighted by Gasteiger charge is -2.35. The van der Waals surface area contributed by atoms with E-state index in [0.29, 0.717) is 22.5 Å². The van der Waals surface area contributed by atoms with E-state index in [-0.39, 0.29) is 11.7 Å². The molecular weight excluding hydrogens is 426 g/mol. The van der Waals surface area contributed by atoms with Crippen molar-refractivity contribution in [3.63, 3.8) is 0 Å². The molecule has 6 nitrogen and oxygen atoms in total. The lowest BCUT2D eigenvalue weighted by molar-refractivity contribution is 0.244. The molecule has 8 heteroatoms. The Kier molecular flexibility index (Phi) is 5.18. The summed E-state index contributed by atoms with van der Waals surface area (Å²) in [6, 6.07) is 20.0. The highest BCUT2D eigenvalue weighted by Gasteiger charge is 2.36. The summed E-state index contributed by atoms with van der Waals surface area (Å²) in [6.45, 7) is 1.74. The fourth-order valence-corrected chi connectivity index (χ4v) is 3.92. The van der Waals surface area contributed by atoms with Gasteiger partial charge in [0.2, 0.25) is 5.82 Å². The molecule has 1 aliphatic rings. The minimum atomic E-state index is -0.579. The fourth-order valence-electron chi connectivity index (χ4n) is 3.92. The Morgan fingerprint density at radius 3 is 2.39 bits per heavy atom. The molecule has 0 aliphatic carbocycles. The molecule has 1 N–H and O–H groups in total. The predicted octanol–water partition coefficient (Wildman–Crippen LogP) is 5.72. The maximum Gasteiger partial charge on any atom is 0.327 e. The number of urea groups is 1. The lowest BCUT2D eigenvalue weighted by Crippen LogP contribution is -2.46. The number of carbonyl (C=O) groups is 1. The summed E-state index contributed by atoms with van der Waals surface area (Å²) in [7, 11) is 0. The second kappa shape index (κ2) is 8.31. The molecule has 4 aromatic rings. The molecule has 1 aromatic heterocycles. The fraction of sp³-hybridized carbons (Fsp3) is 0.0800. The van der Waals surface area contributed by atoms with Crippen molar-refractivity contribution in [3.8, 4) is 11.4 Å². The van der Waals surface area contributed by atoms with E-state index >= 15 is 0 Å². The van der Waals surface area contributed by atoms with Gasteiger partial charge in [-0.1, -0.05) is 53.7 Å². The van der Waals surface area contributed by atoms with E-state index in [4.69, 9.17) is 4.52 Å². The molecule has 0 fully saturated rings. The highest BCUT2D eigenvalue weighted by Crippen LogP contribution is 2.39. The van der Waals surface area contributed by atoms with Gasteiger partial charge in [0.15, 0.2) is 0 Å². The first-order valence-corrected chi connectivity index (χ1v) is 10.2. The molecule has 0 bridgehead atoms. The first kappa shape index (κ1) is 20.6. The largest absolute Gasteiger partial charge is 0.334 e. The van der Waals surface area contributed by atoms with E-state index in [2.05, 4.69) is 15.5 Å². The van der Waals surface area contributed by atoms with Crippen LogP contribution in [-0.4, -0.2) is 16.2 Å². The number of nitrogens with one attached hydrogen (secondary N) is 1. The number of benzene rings is 3. The van der Waals surface area contributed by atoms with Crippen LogP contribution in [0.4, 0.5) is 19.3 Å². The van der Waals surface area contributed by atoms with Crippen LogP contribution in [0.5, 0.6) is 0 Å². The number of halogens is 2.